The van der Waals surface area contributed by atoms with Crippen molar-refractivity contribution in [2.24, 2.45) is 0 Å². The molecule has 0 saturated carbocycles. The first-order valence-electron chi connectivity index (χ1n) is 12.2. The van der Waals surface area contributed by atoms with Crippen LogP contribution in [0.3, 0.4) is 0 Å². The van der Waals surface area contributed by atoms with E-state index in [0.717, 1.165) is 30.6 Å². The van der Waals surface area contributed by atoms with Crippen LogP contribution in [-0.4, -0.2) is 47.8 Å². The molecule has 2 aromatic carbocycles. The van der Waals surface area contributed by atoms with Gasteiger partial charge in [0, 0.05) is 13.5 Å². The zero-order valence-electron chi connectivity index (χ0n) is 20.4. The number of nitrogens with zero attached hydrogens (tertiary/aromatic N) is 2. The van der Waals surface area contributed by atoms with E-state index >= 15 is 0 Å². The van der Waals surface area contributed by atoms with Gasteiger partial charge in [-0.25, -0.2) is 4.90 Å². The summed E-state index contributed by atoms with van der Waals surface area (Å²) in [6.45, 7) is 1.41. The van der Waals surface area contributed by atoms with Crippen LogP contribution in [0, 0.1) is 0 Å². The maximum absolute atomic E-state index is 13.4. The van der Waals surface area contributed by atoms with Crippen LogP contribution >= 0.6 is 0 Å². The molecule has 0 spiro atoms. The van der Waals surface area contributed by atoms with E-state index in [0.29, 0.717) is 30.2 Å². The minimum absolute atomic E-state index is 0.0966. The average molecular weight is 491 g/mol. The summed E-state index contributed by atoms with van der Waals surface area (Å²) < 4.78 is 10.7. The molecule has 2 aromatic rings. The van der Waals surface area contributed by atoms with E-state index in [1.165, 1.54) is 29.5 Å². The highest BCUT2D eigenvalue weighted by Gasteiger charge is 2.44. The fourth-order valence-corrected chi connectivity index (χ4v) is 4.55. The highest BCUT2D eigenvalue weighted by molar-refractivity contribution is 6.23. The van der Waals surface area contributed by atoms with Gasteiger partial charge in [0.25, 0.3) is 11.8 Å². The molecule has 1 heterocycles. The summed E-state index contributed by atoms with van der Waals surface area (Å²) in [5.41, 5.74) is 1.64. The van der Waals surface area contributed by atoms with Gasteiger partial charge in [-0.1, -0.05) is 29.8 Å². The van der Waals surface area contributed by atoms with E-state index in [2.05, 4.69) is 6.08 Å². The van der Waals surface area contributed by atoms with Crippen molar-refractivity contribution in [3.05, 3.63) is 66.2 Å². The molecule has 3 amide bonds. The smallest absolute Gasteiger partial charge is 0.308 e. The number of carbonyl (C=O) groups excluding carboxylic acids is 4. The van der Waals surface area contributed by atoms with Crippen LogP contribution in [-0.2, 0) is 19.2 Å². The maximum atomic E-state index is 13.4. The van der Waals surface area contributed by atoms with Crippen molar-refractivity contribution in [3.8, 4) is 11.5 Å². The van der Waals surface area contributed by atoms with Crippen LogP contribution in [0.25, 0.3) is 0 Å². The van der Waals surface area contributed by atoms with E-state index in [1.807, 2.05) is 18.2 Å². The molecule has 0 bridgehead atoms. The van der Waals surface area contributed by atoms with Gasteiger partial charge in [-0.3, -0.25) is 19.2 Å². The standard InChI is InChI=1S/C28H30N2O6/c1-20(31)36-24-14-12-22(13-15-24)30-26(32)18-25(28(30)34)29(17-16-21-8-4-2-5-9-21)27(33)19-35-23-10-6-3-7-11-23/h3,6-8,10-15,25H,2,4-5,9,16-19H2,1H3. The summed E-state index contributed by atoms with van der Waals surface area (Å²) in [7, 11) is 0. The fraction of sp³-hybridized carbons (Fsp3) is 0.357. The van der Waals surface area contributed by atoms with Gasteiger partial charge in [0.1, 0.15) is 17.5 Å². The third-order valence-electron chi connectivity index (χ3n) is 6.34. The molecule has 1 aliphatic carbocycles. The van der Waals surface area contributed by atoms with Gasteiger partial charge in [0.15, 0.2) is 6.61 Å². The van der Waals surface area contributed by atoms with Gasteiger partial charge >= 0.3 is 5.97 Å². The molecule has 8 nitrogen and oxygen atoms in total. The largest absolute Gasteiger partial charge is 0.484 e. The second kappa shape index (κ2) is 11.7. The van der Waals surface area contributed by atoms with Crippen molar-refractivity contribution in [2.75, 3.05) is 18.1 Å². The van der Waals surface area contributed by atoms with Crippen molar-refractivity contribution in [2.45, 2.75) is 51.5 Å². The second-order valence-corrected chi connectivity index (χ2v) is 8.92. The summed E-state index contributed by atoms with van der Waals surface area (Å²) in [6.07, 6.45) is 7.07. The number of carbonyl (C=O) groups is 4. The average Bonchev–Trinajstić information content (AvgIpc) is 3.17. The zero-order chi connectivity index (χ0) is 25.5. The lowest BCUT2D eigenvalue weighted by Crippen LogP contribution is -2.47. The molecule has 0 aromatic heterocycles. The number of anilines is 1. The highest BCUT2D eigenvalue weighted by Crippen LogP contribution is 2.29. The van der Waals surface area contributed by atoms with Crippen LogP contribution < -0.4 is 14.4 Å². The highest BCUT2D eigenvalue weighted by atomic mass is 16.5. The predicted octanol–water partition coefficient (Wildman–Crippen LogP) is 4.04. The Bertz CT molecular complexity index is 1140. The van der Waals surface area contributed by atoms with Gasteiger partial charge < -0.3 is 14.4 Å². The van der Waals surface area contributed by atoms with Gasteiger partial charge in [-0.15, -0.1) is 0 Å². The minimum atomic E-state index is -0.901. The Labute approximate surface area is 210 Å². The Hall–Kier alpha value is -3.94. The van der Waals surface area contributed by atoms with E-state index < -0.39 is 17.9 Å². The summed E-state index contributed by atoms with van der Waals surface area (Å²) in [5.74, 6) is -0.763. The molecule has 0 radical (unpaired) electrons. The maximum Gasteiger partial charge on any atom is 0.308 e. The number of rotatable bonds is 9. The Balaban J connectivity index is 1.50. The van der Waals surface area contributed by atoms with Crippen LogP contribution in [0.15, 0.2) is 66.2 Å². The fourth-order valence-electron chi connectivity index (χ4n) is 4.55. The Morgan fingerprint density at radius 2 is 1.75 bits per heavy atom. The SMILES string of the molecule is CC(=O)Oc1ccc(N2C(=O)CC(N(CCC3=CCCCC3)C(=O)COc3ccccc3)C2=O)cc1. The minimum Gasteiger partial charge on any atom is -0.484 e. The molecular weight excluding hydrogens is 460 g/mol. The molecule has 188 valence electrons. The molecule has 4 rings (SSSR count). The van der Waals surface area contributed by atoms with Gasteiger partial charge in [0.2, 0.25) is 5.91 Å². The number of hydrogen-bond acceptors (Lipinski definition) is 6. The number of allylic oxidation sites excluding steroid dienone is 1. The molecular formula is C28H30N2O6. The summed E-state index contributed by atoms with van der Waals surface area (Å²) in [6, 6.07) is 14.3. The monoisotopic (exact) mass is 490 g/mol. The van der Waals surface area contributed by atoms with Crippen molar-refractivity contribution in [1.29, 1.82) is 0 Å². The topological polar surface area (TPSA) is 93.2 Å². The van der Waals surface area contributed by atoms with E-state index in [9.17, 15) is 19.2 Å². The first-order chi connectivity index (χ1) is 17.4. The van der Waals surface area contributed by atoms with Crippen LogP contribution in [0.2, 0.25) is 0 Å². The normalized spacial score (nSPS) is 17.5. The lowest BCUT2D eigenvalue weighted by molar-refractivity contribution is -0.140. The zero-order valence-corrected chi connectivity index (χ0v) is 20.4. The van der Waals surface area contributed by atoms with Crippen molar-refractivity contribution < 1.29 is 28.7 Å². The van der Waals surface area contributed by atoms with Crippen molar-refractivity contribution >= 4 is 29.4 Å². The predicted molar refractivity (Wildman–Crippen MR) is 133 cm³/mol. The van der Waals surface area contributed by atoms with Gasteiger partial charge in [-0.05, 0) is 68.5 Å². The quantitative estimate of drug-likeness (QED) is 0.228. The third kappa shape index (κ3) is 6.19. The number of para-hydroxylation sites is 1. The number of imide groups is 1. The molecule has 1 saturated heterocycles. The van der Waals surface area contributed by atoms with Crippen LogP contribution in [0.5, 0.6) is 11.5 Å². The number of amides is 3. The first kappa shape index (κ1) is 25.2. The van der Waals surface area contributed by atoms with E-state index in [-0.39, 0.29) is 24.8 Å². The molecule has 1 aliphatic heterocycles. The van der Waals surface area contributed by atoms with Crippen LogP contribution in [0.4, 0.5) is 5.69 Å². The lowest BCUT2D eigenvalue weighted by Gasteiger charge is -2.28. The number of esters is 1. The third-order valence-corrected chi connectivity index (χ3v) is 6.34. The van der Waals surface area contributed by atoms with E-state index in [4.69, 9.17) is 9.47 Å². The number of benzene rings is 2. The Kier molecular flexibility index (Phi) is 8.15. The lowest BCUT2D eigenvalue weighted by atomic mass is 9.97. The van der Waals surface area contributed by atoms with Gasteiger partial charge in [0.05, 0.1) is 12.1 Å². The Morgan fingerprint density at radius 3 is 2.42 bits per heavy atom. The number of hydrogen-bond donors (Lipinski definition) is 0. The first-order valence-corrected chi connectivity index (χ1v) is 12.2. The van der Waals surface area contributed by atoms with E-state index in [1.54, 1.807) is 24.3 Å². The molecule has 1 unspecified atom stereocenters. The van der Waals surface area contributed by atoms with Crippen molar-refractivity contribution in [3.63, 3.8) is 0 Å². The Morgan fingerprint density at radius 1 is 1.00 bits per heavy atom. The molecule has 1 atom stereocenters. The summed E-state index contributed by atoms with van der Waals surface area (Å²) in [4.78, 5) is 53.4. The summed E-state index contributed by atoms with van der Waals surface area (Å²) >= 11 is 0. The van der Waals surface area contributed by atoms with Crippen molar-refractivity contribution in [1.82, 2.24) is 4.90 Å². The molecule has 1 fully saturated rings. The van der Waals surface area contributed by atoms with Gasteiger partial charge in [-0.2, -0.15) is 0 Å². The molecule has 8 heteroatoms. The molecule has 36 heavy (non-hydrogen) atoms. The number of ether oxygens (including phenoxy) is 2. The second-order valence-electron chi connectivity index (χ2n) is 8.92. The molecule has 2 aliphatic rings. The summed E-state index contributed by atoms with van der Waals surface area (Å²) in [5, 5.41) is 0. The van der Waals surface area contributed by atoms with Crippen LogP contribution in [0.1, 0.15) is 45.4 Å². The molecule has 0 N–H and O–H groups in total.